The molecule has 324 valence electrons. The smallest absolute Gasteiger partial charge is 0.223 e. The summed E-state index contributed by atoms with van der Waals surface area (Å²) in [5.41, 5.74) is 19.3. The van der Waals surface area contributed by atoms with Crippen molar-refractivity contribution in [2.24, 2.45) is 10.8 Å². The van der Waals surface area contributed by atoms with Crippen LogP contribution in [0.25, 0.3) is 54.5 Å². The molecule has 8 rings (SSSR count). The van der Waals surface area contributed by atoms with Gasteiger partial charge in [0.15, 0.2) is 0 Å². The van der Waals surface area contributed by atoms with Gasteiger partial charge in [-0.3, -0.25) is 0 Å². The molecule has 2 aliphatic heterocycles. The van der Waals surface area contributed by atoms with Crippen LogP contribution in [0.2, 0.25) is 20.1 Å². The number of anilines is 2. The molecular weight excluding hydrogens is 882 g/mol. The van der Waals surface area contributed by atoms with Gasteiger partial charge in [-0.1, -0.05) is 63.7 Å². The Kier molecular flexibility index (Phi) is 14.6. The van der Waals surface area contributed by atoms with Crippen LogP contribution in [0, 0.1) is 0 Å². The number of rotatable bonds is 11. The lowest BCUT2D eigenvalue weighted by molar-refractivity contribution is 0.0765. The number of benzene rings is 4. The van der Waals surface area contributed by atoms with E-state index in [1.807, 2.05) is 36.4 Å². The van der Waals surface area contributed by atoms with E-state index in [0.29, 0.717) is 99.0 Å². The monoisotopic (exact) mass is 922 g/mol. The van der Waals surface area contributed by atoms with Gasteiger partial charge in [-0.25, -0.2) is 19.9 Å². The molecule has 0 radical (unpaired) electrons. The number of ether oxygens (including phenoxy) is 6. The number of azide groups is 1. The number of fused-ring (bicyclic) bond motifs is 2. The Bertz CT molecular complexity index is 2580. The summed E-state index contributed by atoms with van der Waals surface area (Å²) >= 11 is 26.2. The van der Waals surface area contributed by atoms with Crippen LogP contribution in [0.5, 0.6) is 23.0 Å². The number of hydrogen-bond donors (Lipinski definition) is 3. The quantitative estimate of drug-likeness (QED) is 0.0630. The molecule has 4 aromatic carbocycles. The fourth-order valence-electron chi connectivity index (χ4n) is 7.10. The molecule has 4 N–H and O–H groups in total. The summed E-state index contributed by atoms with van der Waals surface area (Å²) in [6.45, 7) is 2.19. The van der Waals surface area contributed by atoms with E-state index < -0.39 is 0 Å². The second-order valence-electron chi connectivity index (χ2n) is 14.2. The first-order valence-electron chi connectivity index (χ1n) is 19.3. The summed E-state index contributed by atoms with van der Waals surface area (Å²) in [5.74, 6) is 2.83. The van der Waals surface area contributed by atoms with Gasteiger partial charge in [-0.05, 0) is 53.8 Å². The molecule has 20 heteroatoms. The zero-order valence-corrected chi connectivity index (χ0v) is 37.0. The third kappa shape index (κ3) is 9.68. The first-order chi connectivity index (χ1) is 30.1. The minimum atomic E-state index is -0.220. The van der Waals surface area contributed by atoms with E-state index in [9.17, 15) is 0 Å². The largest absolute Gasteiger partial charge is 0.495 e. The maximum Gasteiger partial charge on any atom is 0.223 e. The average molecular weight is 925 g/mol. The summed E-state index contributed by atoms with van der Waals surface area (Å²) in [5, 5.41) is 13.6. The molecule has 4 atom stereocenters. The minimum absolute atomic E-state index is 0.00717. The fraction of sp³-hybridized carbons (Fsp3) is 0.333. The van der Waals surface area contributed by atoms with Crippen molar-refractivity contribution in [1.82, 2.24) is 19.9 Å². The molecule has 0 amide bonds. The third-order valence-corrected chi connectivity index (χ3v) is 11.9. The van der Waals surface area contributed by atoms with Gasteiger partial charge in [0.1, 0.15) is 23.0 Å². The van der Waals surface area contributed by atoms with Crippen LogP contribution in [0.1, 0.15) is 12.8 Å². The van der Waals surface area contributed by atoms with Crippen LogP contribution >= 0.6 is 46.4 Å². The first kappa shape index (κ1) is 44.8. The second kappa shape index (κ2) is 20.3. The summed E-state index contributed by atoms with van der Waals surface area (Å²) in [4.78, 5) is 21.0. The lowest BCUT2D eigenvalue weighted by Crippen LogP contribution is -2.47. The topological polar surface area (TPSA) is 206 Å². The Labute approximate surface area is 376 Å². The molecule has 0 unspecified atom stereocenters. The van der Waals surface area contributed by atoms with Crippen molar-refractivity contribution >= 4 is 80.1 Å². The van der Waals surface area contributed by atoms with Crippen molar-refractivity contribution < 1.29 is 28.4 Å². The number of nitrogens with one attached hydrogen (secondary N) is 2. The van der Waals surface area contributed by atoms with Crippen molar-refractivity contribution in [3.05, 3.63) is 91.5 Å². The highest BCUT2D eigenvalue weighted by Gasteiger charge is 2.27. The van der Waals surface area contributed by atoms with Crippen LogP contribution < -0.4 is 35.3 Å². The van der Waals surface area contributed by atoms with Crippen molar-refractivity contribution in [1.29, 1.82) is 0 Å². The number of nitrogens with zero attached hydrogens (tertiary/aromatic N) is 7. The Hall–Kier alpha value is -5.29. The highest BCUT2D eigenvalue weighted by atomic mass is 35.5. The molecule has 0 bridgehead atoms. The highest BCUT2D eigenvalue weighted by Crippen LogP contribution is 2.47. The zero-order chi connectivity index (χ0) is 43.9. The van der Waals surface area contributed by atoms with Gasteiger partial charge in [0.2, 0.25) is 11.9 Å². The van der Waals surface area contributed by atoms with Gasteiger partial charge in [-0.2, -0.15) is 0 Å². The van der Waals surface area contributed by atoms with Gasteiger partial charge in [0, 0.05) is 70.6 Å². The van der Waals surface area contributed by atoms with E-state index >= 15 is 0 Å². The summed E-state index contributed by atoms with van der Waals surface area (Å²) in [6.07, 6.45) is 4.91. The van der Waals surface area contributed by atoms with Gasteiger partial charge in [-0.15, -0.1) is 0 Å². The van der Waals surface area contributed by atoms with Gasteiger partial charge in [0.05, 0.1) is 90.9 Å². The molecule has 0 spiro atoms. The zero-order valence-electron chi connectivity index (χ0n) is 34.0. The van der Waals surface area contributed by atoms with Crippen molar-refractivity contribution in [2.75, 3.05) is 65.5 Å². The molecule has 16 nitrogen and oxygen atoms in total. The third-order valence-electron chi connectivity index (χ3n) is 10.4. The van der Waals surface area contributed by atoms with Crippen LogP contribution in [-0.2, 0) is 9.47 Å². The summed E-state index contributed by atoms with van der Waals surface area (Å²) < 4.78 is 32.4. The van der Waals surface area contributed by atoms with Crippen molar-refractivity contribution in [3.63, 3.8) is 0 Å². The van der Waals surface area contributed by atoms with E-state index in [2.05, 4.69) is 40.6 Å². The number of halogens is 4. The lowest BCUT2D eigenvalue weighted by atomic mass is 10.0. The maximum absolute atomic E-state index is 8.79. The molecule has 2 fully saturated rings. The molecule has 0 saturated carbocycles. The summed E-state index contributed by atoms with van der Waals surface area (Å²) in [6, 6.07) is 14.2. The van der Waals surface area contributed by atoms with E-state index in [1.54, 1.807) is 38.7 Å². The predicted molar refractivity (Wildman–Crippen MR) is 243 cm³/mol. The molecule has 2 aliphatic rings. The molecular formula is C42H42Cl4N10O6. The van der Waals surface area contributed by atoms with Crippen LogP contribution in [0.15, 0.2) is 66.0 Å². The standard InChI is InChI=1S/C21H20Cl2N6O3.C21H22Cl2N4O3/c1-30-16-8-17(31-2)20(23)18(19(16)22)11-3-4-13-12(7-11)9-25-21(26-13)27-15-10-32-6-5-14(15)28-29-24;1-28-16-8-17(29-2)20(23)18(19(16)22)11-3-4-14-12(7-11)9-25-21(26-14)27-15-10-30-6-5-13(15)24/h3-4,7-9,14-15H,5-6,10H2,1-2H3,(H,25,26,27);3-4,7-9,13,15H,5-6,10,24H2,1-2H3,(H,25,26,27)/t14-,15+;13-,15+/m00/s1. The Morgan fingerprint density at radius 2 is 1.10 bits per heavy atom. The van der Waals surface area contributed by atoms with Crippen LogP contribution in [0.3, 0.4) is 0 Å². The normalized spacial score (nSPS) is 18.5. The maximum atomic E-state index is 8.79. The highest BCUT2D eigenvalue weighted by molar-refractivity contribution is 6.42. The van der Waals surface area contributed by atoms with E-state index in [1.165, 1.54) is 14.2 Å². The molecule has 6 aromatic rings. The minimum Gasteiger partial charge on any atom is -0.495 e. The number of aromatic nitrogens is 4. The number of methoxy groups -OCH3 is 4. The van der Waals surface area contributed by atoms with E-state index in [4.69, 9.17) is 86.1 Å². The van der Waals surface area contributed by atoms with Crippen molar-refractivity contribution in [2.45, 2.75) is 37.0 Å². The molecule has 2 saturated heterocycles. The number of hydrogen-bond acceptors (Lipinski definition) is 14. The van der Waals surface area contributed by atoms with Gasteiger partial charge < -0.3 is 44.8 Å². The van der Waals surface area contributed by atoms with Crippen LogP contribution in [0.4, 0.5) is 11.9 Å². The molecule has 4 heterocycles. The fourth-order valence-corrected chi connectivity index (χ4v) is 8.54. The first-order valence-corrected chi connectivity index (χ1v) is 20.8. The van der Waals surface area contributed by atoms with E-state index in [0.717, 1.165) is 39.4 Å². The van der Waals surface area contributed by atoms with Crippen LogP contribution in [-0.4, -0.2) is 99.0 Å². The second-order valence-corrected chi connectivity index (χ2v) is 15.7. The van der Waals surface area contributed by atoms with Gasteiger partial charge in [0.25, 0.3) is 0 Å². The lowest BCUT2D eigenvalue weighted by Gasteiger charge is -2.29. The van der Waals surface area contributed by atoms with E-state index in [-0.39, 0.29) is 24.2 Å². The number of nitrogens with two attached hydrogens (primary N) is 1. The molecule has 62 heavy (non-hydrogen) atoms. The molecule has 2 aromatic heterocycles. The Morgan fingerprint density at radius 1 is 0.661 bits per heavy atom. The molecule has 0 aliphatic carbocycles. The average Bonchev–Trinajstić information content (AvgIpc) is 3.28. The SMILES string of the molecule is COc1cc(OC)c(Cl)c(-c2ccc3nc(N[C@@H]4COCC[C@@H]4N)ncc3c2)c1Cl.COc1cc(OC)c(Cl)c(-c2ccc3nc(N[C@@H]4COCC[C@@H]4N=[N+]=[N-])ncc3c2)c1Cl. The Balaban J connectivity index is 0.000000187. The summed E-state index contributed by atoms with van der Waals surface area (Å²) in [7, 11) is 6.16. The van der Waals surface area contributed by atoms with Gasteiger partial charge >= 0.3 is 0 Å². The Morgan fingerprint density at radius 3 is 1.53 bits per heavy atom. The van der Waals surface area contributed by atoms with Crippen molar-refractivity contribution in [3.8, 4) is 45.3 Å². The predicted octanol–water partition coefficient (Wildman–Crippen LogP) is 9.65.